The minimum Gasteiger partial charge on any atom is -0.329 e. The summed E-state index contributed by atoms with van der Waals surface area (Å²) in [7, 11) is -1.63. The molecule has 2 heterocycles. The summed E-state index contributed by atoms with van der Waals surface area (Å²) < 4.78 is 37.7. The number of H-pyrrole nitrogens is 1. The monoisotopic (exact) mass is 426 g/mol. The molecule has 10 heteroatoms. The first kappa shape index (κ1) is 19.8. The van der Waals surface area contributed by atoms with E-state index in [1.54, 1.807) is 6.07 Å². The van der Waals surface area contributed by atoms with Crippen molar-refractivity contribution in [3.63, 3.8) is 0 Å². The summed E-state index contributed by atoms with van der Waals surface area (Å²) >= 11 is 0. The Kier molecular flexibility index (Phi) is 4.86. The number of rotatable bonds is 5. The molecule has 0 bridgehead atoms. The first-order valence-corrected chi connectivity index (χ1v) is 10.9. The lowest BCUT2D eigenvalue weighted by atomic mass is 10.2. The van der Waals surface area contributed by atoms with Crippen LogP contribution in [0.3, 0.4) is 0 Å². The highest BCUT2D eigenvalue weighted by Gasteiger charge is 2.14. The van der Waals surface area contributed by atoms with E-state index < -0.39 is 15.7 Å². The molecule has 0 atom stereocenters. The number of halogens is 1. The van der Waals surface area contributed by atoms with Gasteiger partial charge in [-0.05, 0) is 49.4 Å². The number of nitrogens with zero attached hydrogens (tertiary/aromatic N) is 4. The van der Waals surface area contributed by atoms with E-state index in [1.807, 2.05) is 37.1 Å². The summed E-state index contributed by atoms with van der Waals surface area (Å²) in [6.45, 7) is 1.96. The second-order valence-corrected chi connectivity index (χ2v) is 8.90. The van der Waals surface area contributed by atoms with Crippen LogP contribution in [0.15, 0.2) is 53.6 Å². The molecule has 0 aliphatic rings. The van der Waals surface area contributed by atoms with Crippen LogP contribution in [-0.4, -0.2) is 41.9 Å². The largest absolute Gasteiger partial charge is 0.329 e. The molecule has 0 radical (unpaired) electrons. The summed E-state index contributed by atoms with van der Waals surface area (Å²) in [5, 5.41) is 11.0. The fraction of sp³-hybridized carbons (Fsp3) is 0.150. The lowest BCUT2D eigenvalue weighted by molar-refractivity contribution is 0.600. The zero-order chi connectivity index (χ0) is 21.5. The average Bonchev–Trinajstić information content (AvgIpc) is 3.09. The van der Waals surface area contributed by atoms with E-state index in [1.165, 1.54) is 18.3 Å². The Morgan fingerprint density at radius 3 is 2.70 bits per heavy atom. The summed E-state index contributed by atoms with van der Waals surface area (Å²) in [5.41, 5.74) is 2.67. The molecule has 2 aromatic heterocycles. The molecule has 0 spiro atoms. The maximum atomic E-state index is 14.2. The number of aryl methyl sites for hydroxylation is 1. The van der Waals surface area contributed by atoms with Gasteiger partial charge in [-0.15, -0.1) is 0 Å². The molecule has 4 rings (SSSR count). The summed E-state index contributed by atoms with van der Waals surface area (Å²) in [6.07, 6.45) is 2.60. The molecule has 0 aliphatic heterocycles. The molecule has 0 fully saturated rings. The number of sulfone groups is 1. The quantitative estimate of drug-likeness (QED) is 0.469. The Bertz CT molecular complexity index is 1350. The third kappa shape index (κ3) is 3.81. The molecule has 2 N–H and O–H groups in total. The van der Waals surface area contributed by atoms with Crippen LogP contribution in [0.4, 0.5) is 27.5 Å². The van der Waals surface area contributed by atoms with Crippen LogP contribution in [-0.2, 0) is 9.84 Å². The van der Waals surface area contributed by atoms with Gasteiger partial charge >= 0.3 is 0 Å². The Morgan fingerprint density at radius 1 is 1.13 bits per heavy atom. The molecule has 0 saturated carbocycles. The normalized spacial score (nSPS) is 11.6. The van der Waals surface area contributed by atoms with Crippen molar-refractivity contribution in [3.8, 4) is 0 Å². The molecular formula is C20H19FN6O2S. The number of hydrogen-bond donors (Lipinski definition) is 2. The molecule has 154 valence electrons. The van der Waals surface area contributed by atoms with E-state index in [2.05, 4.69) is 25.5 Å². The van der Waals surface area contributed by atoms with Gasteiger partial charge in [0.2, 0.25) is 5.95 Å². The van der Waals surface area contributed by atoms with Gasteiger partial charge in [0.1, 0.15) is 11.6 Å². The molecular weight excluding hydrogens is 407 g/mol. The third-order valence-corrected chi connectivity index (χ3v) is 5.82. The highest BCUT2D eigenvalue weighted by atomic mass is 32.2. The van der Waals surface area contributed by atoms with Gasteiger partial charge in [0.05, 0.1) is 16.1 Å². The molecule has 8 nitrogen and oxygen atoms in total. The van der Waals surface area contributed by atoms with E-state index in [0.29, 0.717) is 5.82 Å². The summed E-state index contributed by atoms with van der Waals surface area (Å²) in [5.74, 6) is 0.100. The number of anilines is 4. The molecule has 2 aromatic carbocycles. The van der Waals surface area contributed by atoms with Crippen LogP contribution in [0, 0.1) is 12.7 Å². The maximum absolute atomic E-state index is 14.2. The zero-order valence-electron chi connectivity index (χ0n) is 16.5. The van der Waals surface area contributed by atoms with Crippen molar-refractivity contribution < 1.29 is 12.8 Å². The number of hydrogen-bond acceptors (Lipinski definition) is 7. The molecule has 0 aliphatic carbocycles. The molecule has 0 saturated heterocycles. The van der Waals surface area contributed by atoms with Crippen molar-refractivity contribution in [2.45, 2.75) is 11.8 Å². The Labute approximate surface area is 172 Å². The van der Waals surface area contributed by atoms with Crippen molar-refractivity contribution in [1.29, 1.82) is 0 Å². The Balaban J connectivity index is 1.64. The van der Waals surface area contributed by atoms with Crippen LogP contribution in [0.1, 0.15) is 5.69 Å². The fourth-order valence-corrected chi connectivity index (χ4v) is 3.67. The highest BCUT2D eigenvalue weighted by molar-refractivity contribution is 7.90. The second-order valence-electron chi connectivity index (χ2n) is 6.89. The lowest BCUT2D eigenvalue weighted by Gasteiger charge is -2.19. The minimum atomic E-state index is -3.47. The van der Waals surface area contributed by atoms with E-state index in [4.69, 9.17) is 0 Å². The lowest BCUT2D eigenvalue weighted by Crippen LogP contribution is -2.12. The number of fused-ring (bicyclic) bond motifs is 1. The van der Waals surface area contributed by atoms with Crippen LogP contribution >= 0.6 is 0 Å². The van der Waals surface area contributed by atoms with Gasteiger partial charge < -0.3 is 10.2 Å². The van der Waals surface area contributed by atoms with Crippen LogP contribution < -0.4 is 10.2 Å². The number of benzene rings is 2. The Morgan fingerprint density at radius 2 is 1.93 bits per heavy atom. The van der Waals surface area contributed by atoms with E-state index in [9.17, 15) is 12.8 Å². The third-order valence-electron chi connectivity index (χ3n) is 4.71. The number of aromatic nitrogens is 4. The SMILES string of the molecule is Cc1[nH]nc2cc(N(C)c3ccnc(Nc4cc(S(C)(=O)=O)ccc4F)n3)ccc12. The zero-order valence-corrected chi connectivity index (χ0v) is 17.3. The van der Waals surface area contributed by atoms with E-state index in [0.717, 1.165) is 34.6 Å². The first-order chi connectivity index (χ1) is 14.2. The number of aromatic amines is 1. The second kappa shape index (κ2) is 7.38. The van der Waals surface area contributed by atoms with Crippen molar-refractivity contribution in [1.82, 2.24) is 20.2 Å². The molecule has 0 amide bonds. The van der Waals surface area contributed by atoms with Crippen LogP contribution in [0.5, 0.6) is 0 Å². The molecule has 4 aromatic rings. The van der Waals surface area contributed by atoms with Crippen molar-refractivity contribution >= 4 is 43.9 Å². The average molecular weight is 426 g/mol. The van der Waals surface area contributed by atoms with Crippen LogP contribution in [0.25, 0.3) is 10.9 Å². The summed E-state index contributed by atoms with van der Waals surface area (Å²) in [4.78, 5) is 10.4. The topological polar surface area (TPSA) is 104 Å². The van der Waals surface area contributed by atoms with Gasteiger partial charge in [-0.25, -0.2) is 17.8 Å². The van der Waals surface area contributed by atoms with Gasteiger partial charge in [-0.1, -0.05) is 0 Å². The van der Waals surface area contributed by atoms with E-state index >= 15 is 0 Å². The maximum Gasteiger partial charge on any atom is 0.229 e. The van der Waals surface area contributed by atoms with Gasteiger partial charge in [0.15, 0.2) is 9.84 Å². The van der Waals surface area contributed by atoms with Crippen molar-refractivity contribution in [2.75, 3.05) is 23.5 Å². The van der Waals surface area contributed by atoms with E-state index in [-0.39, 0.29) is 16.5 Å². The predicted molar refractivity (Wildman–Crippen MR) is 114 cm³/mol. The smallest absolute Gasteiger partial charge is 0.229 e. The number of nitrogens with one attached hydrogen (secondary N) is 2. The van der Waals surface area contributed by atoms with Crippen molar-refractivity contribution in [2.24, 2.45) is 0 Å². The molecule has 30 heavy (non-hydrogen) atoms. The minimum absolute atomic E-state index is 0.00210. The molecule has 0 unspecified atom stereocenters. The first-order valence-electron chi connectivity index (χ1n) is 9.00. The van der Waals surface area contributed by atoms with Crippen molar-refractivity contribution in [3.05, 3.63) is 60.2 Å². The fourth-order valence-electron chi connectivity index (χ4n) is 3.02. The summed E-state index contributed by atoms with van der Waals surface area (Å²) in [6, 6.07) is 11.1. The van der Waals surface area contributed by atoms with Gasteiger partial charge in [0, 0.05) is 36.3 Å². The Hall–Kier alpha value is -3.53. The van der Waals surface area contributed by atoms with Gasteiger partial charge in [-0.3, -0.25) is 5.10 Å². The predicted octanol–water partition coefficient (Wildman–Crippen LogP) is 3.72. The highest BCUT2D eigenvalue weighted by Crippen LogP contribution is 2.27. The standard InChI is InChI=1S/C20H19FN6O2S/c1-12-15-6-4-13(10-17(15)26-25-12)27(2)19-8-9-22-20(24-19)23-18-11-14(30(3,28)29)5-7-16(18)21/h4-11H,1-3H3,(H,25,26)(H,22,23,24). The van der Waals surface area contributed by atoms with Gasteiger partial charge in [0.25, 0.3) is 0 Å². The van der Waals surface area contributed by atoms with Crippen LogP contribution in [0.2, 0.25) is 0 Å². The van der Waals surface area contributed by atoms with Gasteiger partial charge in [-0.2, -0.15) is 10.1 Å².